The third-order valence-corrected chi connectivity index (χ3v) is 4.49. The normalized spacial score (nSPS) is 11.2. The van der Waals surface area contributed by atoms with Crippen molar-refractivity contribution in [3.63, 3.8) is 0 Å². The van der Waals surface area contributed by atoms with E-state index in [0.717, 1.165) is 46.9 Å². The van der Waals surface area contributed by atoms with Gasteiger partial charge in [0, 0.05) is 30.3 Å². The molecule has 0 aliphatic carbocycles. The van der Waals surface area contributed by atoms with Gasteiger partial charge in [-0.1, -0.05) is 60.7 Å². The maximum atomic E-state index is 4.94. The molecule has 0 atom stereocenters. The molecule has 0 radical (unpaired) electrons. The Labute approximate surface area is 159 Å². The van der Waals surface area contributed by atoms with E-state index in [1.165, 1.54) is 0 Å². The minimum Gasteiger partial charge on any atom is -0.369 e. The number of rotatable bonds is 6. The molecule has 0 amide bonds. The van der Waals surface area contributed by atoms with Crippen LogP contribution in [0.5, 0.6) is 0 Å². The summed E-state index contributed by atoms with van der Waals surface area (Å²) in [6.07, 6.45) is 1.89. The van der Waals surface area contributed by atoms with Crippen LogP contribution in [0.3, 0.4) is 0 Å². The summed E-state index contributed by atoms with van der Waals surface area (Å²) in [5.41, 5.74) is 5.03. The van der Waals surface area contributed by atoms with Crippen molar-refractivity contribution in [2.24, 2.45) is 0 Å². The number of hydrogen-bond acceptors (Lipinski definition) is 4. The molecule has 136 valence electrons. The van der Waals surface area contributed by atoms with E-state index in [-0.39, 0.29) is 0 Å². The summed E-state index contributed by atoms with van der Waals surface area (Å²) in [5.74, 6) is 0.947. The summed E-state index contributed by atoms with van der Waals surface area (Å²) in [7, 11) is 4.14. The number of hydrogen-bond donors (Lipinski definition) is 1. The topological polar surface area (TPSA) is 45.5 Å². The number of aromatic nitrogens is 3. The van der Waals surface area contributed by atoms with E-state index < -0.39 is 0 Å². The van der Waals surface area contributed by atoms with Gasteiger partial charge in [-0.05, 0) is 19.7 Å². The smallest absolute Gasteiger partial charge is 0.165 e. The van der Waals surface area contributed by atoms with E-state index in [1.807, 2.05) is 47.1 Å². The van der Waals surface area contributed by atoms with Crippen LogP contribution in [0.25, 0.3) is 28.0 Å². The van der Waals surface area contributed by atoms with Gasteiger partial charge < -0.3 is 10.2 Å². The van der Waals surface area contributed by atoms with Crippen LogP contribution < -0.4 is 5.32 Å². The second-order valence-electron chi connectivity index (χ2n) is 6.78. The van der Waals surface area contributed by atoms with Gasteiger partial charge in [-0.25, -0.2) is 4.98 Å². The van der Waals surface area contributed by atoms with Gasteiger partial charge in [0.25, 0.3) is 0 Å². The number of fused-ring (bicyclic) bond motifs is 1. The summed E-state index contributed by atoms with van der Waals surface area (Å²) in [5, 5.41) is 8.12. The van der Waals surface area contributed by atoms with Crippen LogP contribution in [-0.4, -0.2) is 46.7 Å². The third kappa shape index (κ3) is 3.68. The third-order valence-electron chi connectivity index (χ3n) is 4.49. The van der Waals surface area contributed by atoms with E-state index in [1.54, 1.807) is 0 Å². The van der Waals surface area contributed by atoms with Crippen molar-refractivity contribution in [3.8, 4) is 22.4 Å². The number of likely N-dealkylation sites (N-methyl/N-ethyl adjacent to an activating group) is 1. The Morgan fingerprint density at radius 1 is 0.926 bits per heavy atom. The van der Waals surface area contributed by atoms with Crippen LogP contribution in [-0.2, 0) is 0 Å². The molecule has 4 aromatic rings. The maximum Gasteiger partial charge on any atom is 0.165 e. The number of nitrogens with zero attached hydrogens (tertiary/aromatic N) is 4. The van der Waals surface area contributed by atoms with Gasteiger partial charge in [-0.15, -0.1) is 0 Å². The predicted molar refractivity (Wildman–Crippen MR) is 111 cm³/mol. The van der Waals surface area contributed by atoms with Crippen LogP contribution in [0.2, 0.25) is 0 Å². The molecule has 0 spiro atoms. The molecule has 0 aliphatic rings. The largest absolute Gasteiger partial charge is 0.369 e. The maximum absolute atomic E-state index is 4.94. The minimum atomic E-state index is 0.834. The Morgan fingerprint density at radius 2 is 1.59 bits per heavy atom. The highest BCUT2D eigenvalue weighted by molar-refractivity contribution is 5.80. The highest BCUT2D eigenvalue weighted by Gasteiger charge is 2.13. The molecule has 2 heterocycles. The lowest BCUT2D eigenvalue weighted by Gasteiger charge is -2.14. The molecular formula is C22H23N5. The van der Waals surface area contributed by atoms with Crippen LogP contribution in [0.1, 0.15) is 0 Å². The molecule has 0 aliphatic heterocycles. The highest BCUT2D eigenvalue weighted by atomic mass is 15.3. The first kappa shape index (κ1) is 17.2. The van der Waals surface area contributed by atoms with Crippen molar-refractivity contribution in [2.45, 2.75) is 0 Å². The first-order valence-electron chi connectivity index (χ1n) is 9.10. The Balaban J connectivity index is 1.84. The van der Waals surface area contributed by atoms with E-state index in [2.05, 4.69) is 59.7 Å². The number of anilines is 1. The summed E-state index contributed by atoms with van der Waals surface area (Å²) in [6, 6.07) is 22.6. The lowest BCUT2D eigenvalue weighted by Crippen LogP contribution is -2.21. The fourth-order valence-electron chi connectivity index (χ4n) is 3.07. The molecule has 4 rings (SSSR count). The monoisotopic (exact) mass is 357 g/mol. The molecule has 27 heavy (non-hydrogen) atoms. The molecule has 0 fully saturated rings. The lowest BCUT2D eigenvalue weighted by molar-refractivity contribution is 0.425. The van der Waals surface area contributed by atoms with E-state index >= 15 is 0 Å². The molecule has 0 bridgehead atoms. The number of nitrogens with one attached hydrogen (secondary N) is 1. The van der Waals surface area contributed by atoms with Crippen LogP contribution >= 0.6 is 0 Å². The molecule has 1 N–H and O–H groups in total. The van der Waals surface area contributed by atoms with Crippen LogP contribution in [0.4, 0.5) is 5.82 Å². The first-order chi connectivity index (χ1) is 13.2. The zero-order valence-electron chi connectivity index (χ0n) is 15.6. The van der Waals surface area contributed by atoms with Crippen molar-refractivity contribution in [1.29, 1.82) is 0 Å². The summed E-state index contributed by atoms with van der Waals surface area (Å²) in [6.45, 7) is 1.78. The molecule has 0 unspecified atom stereocenters. The van der Waals surface area contributed by atoms with Crippen molar-refractivity contribution in [1.82, 2.24) is 19.5 Å². The van der Waals surface area contributed by atoms with Crippen molar-refractivity contribution >= 4 is 11.5 Å². The number of benzene rings is 2. The summed E-state index contributed by atoms with van der Waals surface area (Å²) >= 11 is 0. The average molecular weight is 357 g/mol. The fraction of sp³-hybridized carbons (Fsp3) is 0.182. The Hall–Kier alpha value is -3.18. The van der Waals surface area contributed by atoms with Crippen molar-refractivity contribution in [3.05, 3.63) is 72.9 Å². The predicted octanol–water partition coefficient (Wildman–Crippen LogP) is 4.04. The standard InChI is InChI=1S/C22H23N5/c1-26(2)14-13-23-21-15-20(18-11-7-4-8-12-18)25-22-19(16-24-27(21)22)17-9-5-3-6-10-17/h3-12,15-16,23H,13-14H2,1-2H3. The van der Waals surface area contributed by atoms with Gasteiger partial charge >= 0.3 is 0 Å². The molecule has 2 aromatic carbocycles. The van der Waals surface area contributed by atoms with Crippen molar-refractivity contribution in [2.75, 3.05) is 32.5 Å². The molecule has 5 heteroatoms. The molecule has 5 nitrogen and oxygen atoms in total. The SMILES string of the molecule is CN(C)CCNc1cc(-c2ccccc2)nc2c(-c3ccccc3)cnn12. The second kappa shape index (κ2) is 7.60. The van der Waals surface area contributed by atoms with E-state index in [0.29, 0.717) is 0 Å². The highest BCUT2D eigenvalue weighted by Crippen LogP contribution is 2.28. The lowest BCUT2D eigenvalue weighted by atomic mass is 10.1. The van der Waals surface area contributed by atoms with Gasteiger partial charge in [-0.3, -0.25) is 0 Å². The van der Waals surface area contributed by atoms with Gasteiger partial charge in [0.15, 0.2) is 5.65 Å². The molecule has 2 aromatic heterocycles. The van der Waals surface area contributed by atoms with Gasteiger partial charge in [0.2, 0.25) is 0 Å². The summed E-state index contributed by atoms with van der Waals surface area (Å²) < 4.78 is 1.89. The zero-order chi connectivity index (χ0) is 18.6. The van der Waals surface area contributed by atoms with Gasteiger partial charge in [0.05, 0.1) is 11.9 Å². The molecular weight excluding hydrogens is 334 g/mol. The Kier molecular flexibility index (Phi) is 4.85. The van der Waals surface area contributed by atoms with E-state index in [4.69, 9.17) is 4.98 Å². The fourth-order valence-corrected chi connectivity index (χ4v) is 3.07. The Bertz CT molecular complexity index is 1020. The Morgan fingerprint density at radius 3 is 2.26 bits per heavy atom. The zero-order valence-corrected chi connectivity index (χ0v) is 15.6. The van der Waals surface area contributed by atoms with Gasteiger partial charge in [-0.2, -0.15) is 9.61 Å². The molecule has 0 saturated carbocycles. The summed E-state index contributed by atoms with van der Waals surface area (Å²) in [4.78, 5) is 7.09. The minimum absolute atomic E-state index is 0.834. The second-order valence-corrected chi connectivity index (χ2v) is 6.78. The van der Waals surface area contributed by atoms with Crippen molar-refractivity contribution < 1.29 is 0 Å². The quantitative estimate of drug-likeness (QED) is 0.566. The van der Waals surface area contributed by atoms with E-state index in [9.17, 15) is 0 Å². The van der Waals surface area contributed by atoms with Crippen LogP contribution in [0.15, 0.2) is 72.9 Å². The van der Waals surface area contributed by atoms with Gasteiger partial charge in [0.1, 0.15) is 5.82 Å². The first-order valence-corrected chi connectivity index (χ1v) is 9.10. The molecule has 0 saturated heterocycles. The van der Waals surface area contributed by atoms with Crippen LogP contribution in [0, 0.1) is 0 Å². The average Bonchev–Trinajstić information content (AvgIpc) is 3.13.